The zero-order chi connectivity index (χ0) is 27.6. The average Bonchev–Trinajstić information content (AvgIpc) is 3.39. The van der Waals surface area contributed by atoms with Gasteiger partial charge in [-0.1, -0.05) is 24.8 Å². The van der Waals surface area contributed by atoms with Crippen LogP contribution < -0.4 is 20.9 Å². The van der Waals surface area contributed by atoms with Crippen LogP contribution in [0.2, 0.25) is 0 Å². The molecule has 2 aromatic carbocycles. The van der Waals surface area contributed by atoms with E-state index in [4.69, 9.17) is 4.74 Å². The fourth-order valence-electron chi connectivity index (χ4n) is 4.18. The molecule has 0 aliphatic carbocycles. The van der Waals surface area contributed by atoms with Crippen LogP contribution in [0.5, 0.6) is 11.5 Å². The van der Waals surface area contributed by atoms with E-state index >= 15 is 0 Å². The van der Waals surface area contributed by atoms with Crippen LogP contribution in [0, 0.1) is 0 Å². The number of nitrogens with one attached hydrogen (secondary N) is 3. The minimum Gasteiger partial charge on any atom is -0.454 e. The number of hydrogen-bond acceptors (Lipinski definition) is 7. The van der Waals surface area contributed by atoms with E-state index in [0.29, 0.717) is 50.8 Å². The molecule has 0 saturated carbocycles. The maximum Gasteiger partial charge on any atom is 0.324 e. The normalized spacial score (nSPS) is 10.9. The van der Waals surface area contributed by atoms with Crippen molar-refractivity contribution in [3.63, 3.8) is 0 Å². The van der Waals surface area contributed by atoms with E-state index in [1.807, 2.05) is 43.3 Å². The highest BCUT2D eigenvalue weighted by molar-refractivity contribution is 6.06. The van der Waals surface area contributed by atoms with Crippen LogP contribution in [-0.2, 0) is 0 Å². The number of urea groups is 1. The van der Waals surface area contributed by atoms with Crippen LogP contribution >= 0.6 is 0 Å². The van der Waals surface area contributed by atoms with E-state index < -0.39 is 6.03 Å². The van der Waals surface area contributed by atoms with Gasteiger partial charge in [-0.3, -0.25) is 15.1 Å². The Balaban J connectivity index is 1.30. The largest absolute Gasteiger partial charge is 0.454 e. The lowest BCUT2D eigenvalue weighted by Gasteiger charge is -2.14. The van der Waals surface area contributed by atoms with Crippen LogP contribution in [0.1, 0.15) is 12.6 Å². The maximum absolute atomic E-state index is 13.1. The Labute approximate surface area is 227 Å². The summed E-state index contributed by atoms with van der Waals surface area (Å²) in [5.41, 5.74) is 3.59. The molecule has 0 radical (unpaired) electrons. The summed E-state index contributed by atoms with van der Waals surface area (Å²) in [6.07, 6.45) is 4.33. The number of amides is 2. The van der Waals surface area contributed by atoms with Gasteiger partial charge in [0.2, 0.25) is 0 Å². The Morgan fingerprint density at radius 2 is 1.77 bits per heavy atom. The van der Waals surface area contributed by atoms with Crippen LogP contribution in [0.25, 0.3) is 33.3 Å². The quantitative estimate of drug-likeness (QED) is 0.258. The molecule has 0 saturated heterocycles. The van der Waals surface area contributed by atoms with Gasteiger partial charge in [-0.2, -0.15) is 5.10 Å². The molecule has 11 nitrogen and oxygen atoms in total. The number of carbonyl (C=O) groups is 1. The summed E-state index contributed by atoms with van der Waals surface area (Å²) in [6.45, 7) is 5.82. The molecule has 6 rings (SSSR count). The fraction of sp³-hybridized carbons (Fsp3) is 0.0345. The van der Waals surface area contributed by atoms with Crippen LogP contribution in [0.4, 0.5) is 16.3 Å². The molecule has 0 bridgehead atoms. The van der Waals surface area contributed by atoms with E-state index in [1.54, 1.807) is 41.2 Å². The second kappa shape index (κ2) is 10.1. The molecule has 4 heterocycles. The predicted octanol–water partition coefficient (Wildman–Crippen LogP) is 5.52. The molecule has 3 N–H and O–H groups in total. The molecule has 0 atom stereocenters. The van der Waals surface area contributed by atoms with Gasteiger partial charge in [0.05, 0.1) is 28.8 Å². The van der Waals surface area contributed by atoms with Crippen molar-refractivity contribution >= 4 is 45.2 Å². The number of anilines is 2. The van der Waals surface area contributed by atoms with Crippen LogP contribution in [0.15, 0.2) is 96.7 Å². The third-order valence-electron chi connectivity index (χ3n) is 6.03. The van der Waals surface area contributed by atoms with Gasteiger partial charge in [-0.05, 0) is 48.9 Å². The first-order chi connectivity index (χ1) is 19.5. The zero-order valence-corrected chi connectivity index (χ0v) is 21.3. The first kappa shape index (κ1) is 24.5. The summed E-state index contributed by atoms with van der Waals surface area (Å²) in [7, 11) is 0. The second-order valence-electron chi connectivity index (χ2n) is 8.89. The van der Waals surface area contributed by atoms with Gasteiger partial charge in [0.15, 0.2) is 11.4 Å². The maximum atomic E-state index is 13.1. The number of ether oxygens (including phenoxy) is 1. The Kier molecular flexibility index (Phi) is 6.21. The fourth-order valence-corrected chi connectivity index (χ4v) is 4.18. The van der Waals surface area contributed by atoms with Crippen molar-refractivity contribution in [3.05, 3.63) is 108 Å². The van der Waals surface area contributed by atoms with Crippen molar-refractivity contribution in [2.24, 2.45) is 0 Å². The summed E-state index contributed by atoms with van der Waals surface area (Å²) >= 11 is 0. The molecule has 2 amide bonds. The number of aromatic amines is 1. The number of allylic oxidation sites excluding steroid dienone is 1. The Morgan fingerprint density at radius 3 is 2.60 bits per heavy atom. The van der Waals surface area contributed by atoms with Crippen LogP contribution in [0.3, 0.4) is 0 Å². The molecular formula is C29H22N8O3. The number of para-hydroxylation sites is 1. The van der Waals surface area contributed by atoms with Crippen molar-refractivity contribution < 1.29 is 9.53 Å². The number of fused-ring (bicyclic) bond motifs is 2. The molecule has 0 spiro atoms. The van der Waals surface area contributed by atoms with E-state index in [0.717, 1.165) is 11.3 Å². The van der Waals surface area contributed by atoms with E-state index in [2.05, 4.69) is 42.2 Å². The molecule has 0 aliphatic heterocycles. The summed E-state index contributed by atoms with van der Waals surface area (Å²) < 4.78 is 7.83. The first-order valence-electron chi connectivity index (χ1n) is 12.3. The smallest absolute Gasteiger partial charge is 0.324 e. The summed E-state index contributed by atoms with van der Waals surface area (Å²) in [4.78, 5) is 40.2. The minimum atomic E-state index is -0.473. The Hall–Kier alpha value is -5.84. The third-order valence-corrected chi connectivity index (χ3v) is 6.03. The molecule has 4 aromatic heterocycles. The summed E-state index contributed by atoms with van der Waals surface area (Å²) in [5, 5.41) is 11.0. The van der Waals surface area contributed by atoms with Crippen molar-refractivity contribution in [1.82, 2.24) is 29.7 Å². The number of carbonyl (C=O) groups excluding carboxylic acids is 1. The average molecular weight is 531 g/mol. The number of pyridine rings is 2. The summed E-state index contributed by atoms with van der Waals surface area (Å²) in [6, 6.07) is 19.5. The number of benzene rings is 2. The topological polar surface area (TPSA) is 140 Å². The van der Waals surface area contributed by atoms with Crippen molar-refractivity contribution in [3.8, 4) is 17.2 Å². The molecule has 0 aliphatic rings. The van der Waals surface area contributed by atoms with E-state index in [9.17, 15) is 9.59 Å². The lowest BCUT2D eigenvalue weighted by Crippen LogP contribution is -2.21. The minimum absolute atomic E-state index is 0.312. The Morgan fingerprint density at radius 1 is 0.925 bits per heavy atom. The number of rotatable bonds is 6. The van der Waals surface area contributed by atoms with Crippen molar-refractivity contribution in [1.29, 1.82) is 0 Å². The highest BCUT2D eigenvalue weighted by Crippen LogP contribution is 2.35. The van der Waals surface area contributed by atoms with Crippen molar-refractivity contribution in [2.75, 3.05) is 10.6 Å². The standard InChI is InChI=1S/C29H22N8O3/c1-17(2)21-15-24(37(36-21)18-7-4-3-5-8-18)34-29(39)33-20-10-11-22(19-9-6-13-30-26(19)20)40-23-12-14-31-28-27(23)32-16-25(38)35-28/h3-16H,1H2,2H3,(H,31,35,38)(H2,33,34,39). The summed E-state index contributed by atoms with van der Waals surface area (Å²) in [5.74, 6) is 1.38. The van der Waals surface area contributed by atoms with Gasteiger partial charge in [-0.15, -0.1) is 0 Å². The monoisotopic (exact) mass is 530 g/mol. The SMILES string of the molecule is C=C(C)c1cc(NC(=O)Nc2ccc(Oc3ccnc4[nH]c(=O)cnc34)c3cccnc23)n(-c2ccccc2)n1. The lowest BCUT2D eigenvalue weighted by molar-refractivity contribution is 0.262. The molecular weight excluding hydrogens is 508 g/mol. The van der Waals surface area contributed by atoms with Gasteiger partial charge in [-0.25, -0.2) is 19.4 Å². The van der Waals surface area contributed by atoms with Gasteiger partial charge < -0.3 is 15.0 Å². The zero-order valence-electron chi connectivity index (χ0n) is 21.3. The van der Waals surface area contributed by atoms with Gasteiger partial charge in [0.1, 0.15) is 17.1 Å². The van der Waals surface area contributed by atoms with Gasteiger partial charge in [0.25, 0.3) is 5.56 Å². The molecule has 0 unspecified atom stereocenters. The molecule has 0 fully saturated rings. The molecule has 6 aromatic rings. The molecule has 196 valence electrons. The van der Waals surface area contributed by atoms with Crippen LogP contribution in [-0.4, -0.2) is 35.7 Å². The second-order valence-corrected chi connectivity index (χ2v) is 8.89. The van der Waals surface area contributed by atoms with Gasteiger partial charge in [0, 0.05) is 29.9 Å². The molecule has 40 heavy (non-hydrogen) atoms. The molecule has 11 heteroatoms. The number of hydrogen-bond donors (Lipinski definition) is 3. The number of aromatic nitrogens is 6. The van der Waals surface area contributed by atoms with E-state index in [-0.39, 0.29) is 5.56 Å². The highest BCUT2D eigenvalue weighted by Gasteiger charge is 2.16. The van der Waals surface area contributed by atoms with Crippen molar-refractivity contribution in [2.45, 2.75) is 6.92 Å². The number of H-pyrrole nitrogens is 1. The number of nitrogens with zero attached hydrogens (tertiary/aromatic N) is 5. The lowest BCUT2D eigenvalue weighted by atomic mass is 10.1. The highest BCUT2D eigenvalue weighted by atomic mass is 16.5. The van der Waals surface area contributed by atoms with E-state index in [1.165, 1.54) is 12.4 Å². The Bertz CT molecular complexity index is 1960. The predicted molar refractivity (Wildman–Crippen MR) is 153 cm³/mol. The third kappa shape index (κ3) is 4.74. The first-order valence-corrected chi connectivity index (χ1v) is 12.3. The van der Waals surface area contributed by atoms with Gasteiger partial charge >= 0.3 is 6.03 Å².